The minimum Gasteiger partial charge on any atom is -0.462 e. The molecular formula is C10H17NO4. The third-order valence-corrected chi connectivity index (χ3v) is 2.28. The van der Waals surface area contributed by atoms with E-state index in [1.807, 2.05) is 13.8 Å². The van der Waals surface area contributed by atoms with Crippen LogP contribution in [0.25, 0.3) is 0 Å². The maximum Gasteiger partial charge on any atom is 0.396 e. The van der Waals surface area contributed by atoms with Crippen molar-refractivity contribution >= 4 is 11.9 Å². The fraction of sp³-hybridized carbons (Fsp3) is 0.800. The van der Waals surface area contributed by atoms with Crippen LogP contribution in [0.1, 0.15) is 20.3 Å². The molecule has 0 spiro atoms. The van der Waals surface area contributed by atoms with Crippen molar-refractivity contribution in [2.45, 2.75) is 25.9 Å². The molecule has 1 fully saturated rings. The molecular weight excluding hydrogens is 198 g/mol. The van der Waals surface area contributed by atoms with Crippen molar-refractivity contribution in [3.05, 3.63) is 0 Å². The molecule has 1 amide bonds. The van der Waals surface area contributed by atoms with Crippen molar-refractivity contribution in [2.75, 3.05) is 26.8 Å². The van der Waals surface area contributed by atoms with Gasteiger partial charge in [-0.25, -0.2) is 4.79 Å². The minimum absolute atomic E-state index is 0.403. The first kappa shape index (κ1) is 12.0. The van der Waals surface area contributed by atoms with Crippen molar-refractivity contribution in [2.24, 2.45) is 0 Å². The molecule has 5 nitrogen and oxygen atoms in total. The Morgan fingerprint density at radius 1 is 1.40 bits per heavy atom. The number of nitrogens with zero attached hydrogens (tertiary/aromatic N) is 1. The summed E-state index contributed by atoms with van der Waals surface area (Å²) < 4.78 is 9.94. The average molecular weight is 215 g/mol. The number of amides is 1. The quantitative estimate of drug-likeness (QED) is 0.427. The third-order valence-electron chi connectivity index (χ3n) is 2.28. The molecule has 0 N–H and O–H groups in total. The molecule has 0 saturated carbocycles. The van der Waals surface area contributed by atoms with Gasteiger partial charge in [0.2, 0.25) is 0 Å². The second-order valence-electron chi connectivity index (χ2n) is 4.18. The Labute approximate surface area is 89.3 Å². The van der Waals surface area contributed by atoms with Gasteiger partial charge >= 0.3 is 11.9 Å². The van der Waals surface area contributed by atoms with E-state index in [4.69, 9.17) is 4.74 Å². The van der Waals surface area contributed by atoms with Crippen molar-refractivity contribution < 1.29 is 19.1 Å². The molecule has 1 aliphatic heterocycles. The Kier molecular flexibility index (Phi) is 3.68. The van der Waals surface area contributed by atoms with E-state index < -0.39 is 17.5 Å². The molecule has 0 radical (unpaired) electrons. The summed E-state index contributed by atoms with van der Waals surface area (Å²) in [7, 11) is 1.21. The number of hydrogen-bond acceptors (Lipinski definition) is 4. The lowest BCUT2D eigenvalue weighted by molar-refractivity contribution is -0.159. The number of rotatable bonds is 0. The maximum absolute atomic E-state index is 11.6. The summed E-state index contributed by atoms with van der Waals surface area (Å²) in [5.41, 5.74) is -0.403. The van der Waals surface area contributed by atoms with E-state index in [9.17, 15) is 9.59 Å². The predicted molar refractivity (Wildman–Crippen MR) is 53.2 cm³/mol. The van der Waals surface area contributed by atoms with Gasteiger partial charge in [-0.15, -0.1) is 0 Å². The lowest BCUT2D eigenvalue weighted by Crippen LogP contribution is -2.44. The number of carbonyl (C=O) groups is 2. The monoisotopic (exact) mass is 215 g/mol. The van der Waals surface area contributed by atoms with Crippen LogP contribution in [0, 0.1) is 0 Å². The summed E-state index contributed by atoms with van der Waals surface area (Å²) in [5, 5.41) is 0. The van der Waals surface area contributed by atoms with Crippen LogP contribution in [0.5, 0.6) is 0 Å². The van der Waals surface area contributed by atoms with Gasteiger partial charge in [-0.05, 0) is 20.3 Å². The van der Waals surface area contributed by atoms with Crippen LogP contribution in [0.3, 0.4) is 0 Å². The van der Waals surface area contributed by atoms with Crippen LogP contribution in [0.15, 0.2) is 0 Å². The number of methoxy groups -OCH3 is 1. The summed E-state index contributed by atoms with van der Waals surface area (Å²) in [4.78, 5) is 24.1. The number of esters is 1. The van der Waals surface area contributed by atoms with Gasteiger partial charge < -0.3 is 14.4 Å². The van der Waals surface area contributed by atoms with Crippen LogP contribution >= 0.6 is 0 Å². The summed E-state index contributed by atoms with van der Waals surface area (Å²) in [6, 6.07) is 0. The van der Waals surface area contributed by atoms with E-state index in [-0.39, 0.29) is 0 Å². The summed E-state index contributed by atoms with van der Waals surface area (Å²) in [6.45, 7) is 5.36. The van der Waals surface area contributed by atoms with Crippen molar-refractivity contribution in [1.29, 1.82) is 0 Å². The summed E-state index contributed by atoms with van der Waals surface area (Å²) >= 11 is 0. The van der Waals surface area contributed by atoms with Gasteiger partial charge in [0.05, 0.1) is 12.7 Å². The van der Waals surface area contributed by atoms with Crippen LogP contribution in [-0.4, -0.2) is 49.2 Å². The Bertz CT molecular complexity index is 262. The standard InChI is InChI=1S/C10H17NO4/c1-10(2)7-11(5-4-6-15-10)8(12)9(13)14-3/h4-7H2,1-3H3. The Morgan fingerprint density at radius 3 is 2.67 bits per heavy atom. The second kappa shape index (κ2) is 4.61. The molecule has 0 unspecified atom stereocenters. The molecule has 1 saturated heterocycles. The smallest absolute Gasteiger partial charge is 0.396 e. The molecule has 0 aromatic carbocycles. The predicted octanol–water partition coefficient (Wildman–Crippen LogP) is 0.187. The van der Waals surface area contributed by atoms with Crippen molar-refractivity contribution in [3.63, 3.8) is 0 Å². The first-order valence-corrected chi connectivity index (χ1v) is 4.97. The Hall–Kier alpha value is -1.10. The van der Waals surface area contributed by atoms with Gasteiger partial charge in [0.1, 0.15) is 0 Å². The first-order valence-electron chi connectivity index (χ1n) is 4.97. The molecule has 5 heteroatoms. The molecule has 86 valence electrons. The molecule has 1 heterocycles. The topological polar surface area (TPSA) is 55.8 Å². The molecule has 0 atom stereocenters. The SMILES string of the molecule is COC(=O)C(=O)N1CCCOC(C)(C)C1. The summed E-state index contributed by atoms with van der Waals surface area (Å²) in [5.74, 6) is -1.40. The highest BCUT2D eigenvalue weighted by Crippen LogP contribution is 2.16. The van der Waals surface area contributed by atoms with E-state index >= 15 is 0 Å². The van der Waals surface area contributed by atoms with Gasteiger partial charge in [0.25, 0.3) is 0 Å². The zero-order valence-electron chi connectivity index (χ0n) is 9.41. The van der Waals surface area contributed by atoms with E-state index in [2.05, 4.69) is 4.74 Å². The van der Waals surface area contributed by atoms with E-state index in [0.29, 0.717) is 19.7 Å². The zero-order chi connectivity index (χ0) is 11.5. The zero-order valence-corrected chi connectivity index (χ0v) is 9.41. The highest BCUT2D eigenvalue weighted by Gasteiger charge is 2.31. The number of carbonyl (C=O) groups excluding carboxylic acids is 2. The lowest BCUT2D eigenvalue weighted by atomic mass is 10.1. The largest absolute Gasteiger partial charge is 0.462 e. The molecule has 15 heavy (non-hydrogen) atoms. The van der Waals surface area contributed by atoms with Crippen LogP contribution in [0.2, 0.25) is 0 Å². The van der Waals surface area contributed by atoms with Crippen LogP contribution in [-0.2, 0) is 19.1 Å². The van der Waals surface area contributed by atoms with Crippen molar-refractivity contribution in [3.8, 4) is 0 Å². The molecule has 1 aliphatic rings. The lowest BCUT2D eigenvalue weighted by Gasteiger charge is -2.28. The van der Waals surface area contributed by atoms with E-state index in [1.54, 1.807) is 0 Å². The van der Waals surface area contributed by atoms with Gasteiger partial charge in [-0.2, -0.15) is 0 Å². The van der Waals surface area contributed by atoms with Gasteiger partial charge in [-0.3, -0.25) is 4.79 Å². The van der Waals surface area contributed by atoms with Crippen molar-refractivity contribution in [1.82, 2.24) is 4.90 Å². The highest BCUT2D eigenvalue weighted by molar-refractivity contribution is 6.32. The molecule has 0 aliphatic carbocycles. The number of ether oxygens (including phenoxy) is 2. The highest BCUT2D eigenvalue weighted by atomic mass is 16.5. The minimum atomic E-state index is -0.812. The van der Waals surface area contributed by atoms with Crippen LogP contribution < -0.4 is 0 Å². The van der Waals surface area contributed by atoms with Gasteiger partial charge in [-0.1, -0.05) is 0 Å². The fourth-order valence-electron chi connectivity index (χ4n) is 1.58. The Morgan fingerprint density at radius 2 is 2.07 bits per heavy atom. The van der Waals surface area contributed by atoms with E-state index in [1.165, 1.54) is 12.0 Å². The molecule has 0 aromatic rings. The third kappa shape index (κ3) is 3.20. The summed E-state index contributed by atoms with van der Waals surface area (Å²) in [6.07, 6.45) is 0.742. The fourth-order valence-corrected chi connectivity index (χ4v) is 1.58. The molecule has 0 aromatic heterocycles. The Balaban J connectivity index is 2.68. The average Bonchev–Trinajstić information content (AvgIpc) is 2.36. The first-order chi connectivity index (χ1) is 6.96. The molecule has 1 rings (SSSR count). The van der Waals surface area contributed by atoms with Crippen LogP contribution in [0.4, 0.5) is 0 Å². The van der Waals surface area contributed by atoms with Gasteiger partial charge in [0.15, 0.2) is 0 Å². The number of hydrogen-bond donors (Lipinski definition) is 0. The second-order valence-corrected chi connectivity index (χ2v) is 4.18. The van der Waals surface area contributed by atoms with Gasteiger partial charge in [0, 0.05) is 19.7 Å². The normalized spacial score (nSPS) is 20.6. The maximum atomic E-state index is 11.6. The molecule has 0 bridgehead atoms. The van der Waals surface area contributed by atoms with E-state index in [0.717, 1.165) is 6.42 Å².